The first-order valence-electron chi connectivity index (χ1n) is 8.77. The summed E-state index contributed by atoms with van der Waals surface area (Å²) in [4.78, 5) is 24.6. The maximum atomic E-state index is 12.4. The van der Waals surface area contributed by atoms with Crippen LogP contribution in [-0.2, 0) is 4.79 Å². The third kappa shape index (κ3) is 5.73. The zero-order valence-corrected chi connectivity index (χ0v) is 17.1. The number of hydrogen-bond acceptors (Lipinski definition) is 3. The highest BCUT2D eigenvalue weighted by molar-refractivity contribution is 6.35. The van der Waals surface area contributed by atoms with Crippen LogP contribution in [0.3, 0.4) is 0 Å². The van der Waals surface area contributed by atoms with E-state index in [0.717, 1.165) is 5.56 Å². The molecule has 3 aromatic rings. The number of amides is 2. The number of anilines is 2. The summed E-state index contributed by atoms with van der Waals surface area (Å²) in [5, 5.41) is 6.36. The number of carbonyl (C=O) groups is 2. The van der Waals surface area contributed by atoms with Crippen LogP contribution in [0.2, 0.25) is 10.0 Å². The Hall–Kier alpha value is -3.02. The van der Waals surface area contributed by atoms with Gasteiger partial charge in [-0.2, -0.15) is 0 Å². The van der Waals surface area contributed by atoms with Crippen LogP contribution in [0.15, 0.2) is 66.7 Å². The summed E-state index contributed by atoms with van der Waals surface area (Å²) in [6.07, 6.45) is 0. The molecule has 0 saturated heterocycles. The molecule has 0 spiro atoms. The highest BCUT2D eigenvalue weighted by Crippen LogP contribution is 2.27. The molecule has 3 aromatic carbocycles. The van der Waals surface area contributed by atoms with Gasteiger partial charge in [-0.1, -0.05) is 47.5 Å². The van der Waals surface area contributed by atoms with Gasteiger partial charge in [-0.15, -0.1) is 0 Å². The van der Waals surface area contributed by atoms with E-state index in [0.29, 0.717) is 32.7 Å². The van der Waals surface area contributed by atoms with Crippen LogP contribution in [0.4, 0.5) is 11.4 Å². The van der Waals surface area contributed by atoms with E-state index >= 15 is 0 Å². The zero-order valence-electron chi connectivity index (χ0n) is 15.5. The van der Waals surface area contributed by atoms with Gasteiger partial charge in [-0.25, -0.2) is 0 Å². The molecule has 0 radical (unpaired) electrons. The molecule has 29 heavy (non-hydrogen) atoms. The SMILES string of the molecule is Cc1ccccc1C(=O)Nc1cccc(NC(=O)COc2ccc(Cl)cc2Cl)c1. The Bertz CT molecular complexity index is 1050. The molecular formula is C22H18Cl2N2O3. The molecule has 0 bridgehead atoms. The lowest BCUT2D eigenvalue weighted by Crippen LogP contribution is -2.20. The Morgan fingerprint density at radius 3 is 2.34 bits per heavy atom. The number of nitrogens with one attached hydrogen (secondary N) is 2. The third-order valence-corrected chi connectivity index (χ3v) is 4.58. The van der Waals surface area contributed by atoms with Gasteiger partial charge in [0.1, 0.15) is 5.75 Å². The molecule has 3 rings (SSSR count). The molecule has 0 aromatic heterocycles. The number of aryl methyl sites for hydroxylation is 1. The van der Waals surface area contributed by atoms with E-state index in [9.17, 15) is 9.59 Å². The maximum Gasteiger partial charge on any atom is 0.262 e. The van der Waals surface area contributed by atoms with Crippen molar-refractivity contribution in [3.05, 3.63) is 87.9 Å². The molecule has 0 atom stereocenters. The van der Waals surface area contributed by atoms with Gasteiger partial charge in [0.25, 0.3) is 11.8 Å². The number of carbonyl (C=O) groups excluding carboxylic acids is 2. The number of hydrogen-bond donors (Lipinski definition) is 2. The van der Waals surface area contributed by atoms with E-state index < -0.39 is 0 Å². The second kappa shape index (κ2) is 9.45. The van der Waals surface area contributed by atoms with Crippen molar-refractivity contribution in [1.29, 1.82) is 0 Å². The van der Waals surface area contributed by atoms with Crippen LogP contribution in [0, 0.1) is 6.92 Å². The Morgan fingerprint density at radius 1 is 0.897 bits per heavy atom. The largest absolute Gasteiger partial charge is 0.482 e. The van der Waals surface area contributed by atoms with E-state index in [1.165, 1.54) is 6.07 Å². The Morgan fingerprint density at radius 2 is 1.62 bits per heavy atom. The molecule has 0 fully saturated rings. The van der Waals surface area contributed by atoms with E-state index in [-0.39, 0.29) is 18.4 Å². The molecule has 0 aliphatic heterocycles. The first-order chi connectivity index (χ1) is 13.9. The summed E-state index contributed by atoms with van der Waals surface area (Å²) in [6, 6.07) is 19.0. The van der Waals surface area contributed by atoms with Gasteiger partial charge >= 0.3 is 0 Å². The van der Waals surface area contributed by atoms with Crippen molar-refractivity contribution in [3.63, 3.8) is 0 Å². The fraction of sp³-hybridized carbons (Fsp3) is 0.0909. The lowest BCUT2D eigenvalue weighted by molar-refractivity contribution is -0.118. The first kappa shape index (κ1) is 20.7. The van der Waals surface area contributed by atoms with Crippen LogP contribution in [0.5, 0.6) is 5.75 Å². The minimum absolute atomic E-state index is 0.215. The summed E-state index contributed by atoms with van der Waals surface area (Å²) in [7, 11) is 0. The third-order valence-electron chi connectivity index (χ3n) is 4.05. The molecule has 0 heterocycles. The van der Waals surface area contributed by atoms with Crippen LogP contribution in [0.1, 0.15) is 15.9 Å². The second-order valence-corrected chi connectivity index (χ2v) is 7.11. The van der Waals surface area contributed by atoms with E-state index in [4.69, 9.17) is 27.9 Å². The van der Waals surface area contributed by atoms with E-state index in [2.05, 4.69) is 10.6 Å². The van der Waals surface area contributed by atoms with Crippen molar-refractivity contribution < 1.29 is 14.3 Å². The predicted molar refractivity (Wildman–Crippen MR) is 116 cm³/mol. The standard InChI is InChI=1S/C22H18Cl2N2O3/c1-14-5-2-3-8-18(14)22(28)26-17-7-4-6-16(12-17)25-21(27)13-29-20-10-9-15(23)11-19(20)24/h2-12H,13H2,1H3,(H,25,27)(H,26,28). The lowest BCUT2D eigenvalue weighted by Gasteiger charge is -2.11. The quantitative estimate of drug-likeness (QED) is 0.538. The smallest absolute Gasteiger partial charge is 0.262 e. The van der Waals surface area contributed by atoms with Gasteiger partial charge in [0, 0.05) is 22.0 Å². The van der Waals surface area contributed by atoms with Crippen LogP contribution < -0.4 is 15.4 Å². The predicted octanol–water partition coefficient (Wildman–Crippen LogP) is 5.57. The summed E-state index contributed by atoms with van der Waals surface area (Å²) >= 11 is 11.9. The lowest BCUT2D eigenvalue weighted by atomic mass is 10.1. The number of rotatable bonds is 6. The molecular weight excluding hydrogens is 411 g/mol. The molecule has 2 N–H and O–H groups in total. The fourth-order valence-electron chi connectivity index (χ4n) is 2.63. The van der Waals surface area contributed by atoms with Crippen molar-refractivity contribution in [2.24, 2.45) is 0 Å². The maximum absolute atomic E-state index is 12.4. The molecule has 2 amide bonds. The Kier molecular flexibility index (Phi) is 6.75. The Labute approximate surface area is 178 Å². The van der Waals surface area contributed by atoms with Gasteiger partial charge in [0.15, 0.2) is 6.61 Å². The average Bonchev–Trinajstić information content (AvgIpc) is 2.68. The summed E-state index contributed by atoms with van der Waals surface area (Å²) in [6.45, 7) is 1.65. The van der Waals surface area contributed by atoms with Crippen molar-refractivity contribution >= 4 is 46.4 Å². The zero-order chi connectivity index (χ0) is 20.8. The average molecular weight is 429 g/mol. The molecule has 0 aliphatic carbocycles. The number of benzene rings is 3. The minimum Gasteiger partial charge on any atom is -0.482 e. The molecule has 148 valence electrons. The molecule has 0 unspecified atom stereocenters. The summed E-state index contributed by atoms with van der Waals surface area (Å²) in [5.74, 6) is -0.212. The highest BCUT2D eigenvalue weighted by Gasteiger charge is 2.10. The first-order valence-corrected chi connectivity index (χ1v) is 9.53. The van der Waals surface area contributed by atoms with E-state index in [1.807, 2.05) is 25.1 Å². The molecule has 0 aliphatic rings. The van der Waals surface area contributed by atoms with Crippen molar-refractivity contribution in [1.82, 2.24) is 0 Å². The van der Waals surface area contributed by atoms with Crippen LogP contribution in [-0.4, -0.2) is 18.4 Å². The molecule has 7 heteroatoms. The van der Waals surface area contributed by atoms with Gasteiger partial charge in [0.2, 0.25) is 0 Å². The van der Waals surface area contributed by atoms with Crippen molar-refractivity contribution in [2.75, 3.05) is 17.2 Å². The van der Waals surface area contributed by atoms with Gasteiger partial charge in [-0.3, -0.25) is 9.59 Å². The van der Waals surface area contributed by atoms with Gasteiger partial charge in [-0.05, 0) is 55.0 Å². The van der Waals surface area contributed by atoms with Gasteiger partial charge < -0.3 is 15.4 Å². The molecule has 0 saturated carbocycles. The van der Waals surface area contributed by atoms with Crippen LogP contribution in [0.25, 0.3) is 0 Å². The number of ether oxygens (including phenoxy) is 1. The summed E-state index contributed by atoms with van der Waals surface area (Å²) in [5.41, 5.74) is 2.57. The van der Waals surface area contributed by atoms with E-state index in [1.54, 1.807) is 42.5 Å². The second-order valence-electron chi connectivity index (χ2n) is 6.26. The van der Waals surface area contributed by atoms with Gasteiger partial charge in [0.05, 0.1) is 5.02 Å². The minimum atomic E-state index is -0.363. The summed E-state index contributed by atoms with van der Waals surface area (Å²) < 4.78 is 5.42. The number of halogens is 2. The normalized spacial score (nSPS) is 10.3. The highest BCUT2D eigenvalue weighted by atomic mass is 35.5. The fourth-order valence-corrected chi connectivity index (χ4v) is 3.10. The topological polar surface area (TPSA) is 67.4 Å². The molecule has 5 nitrogen and oxygen atoms in total. The van der Waals surface area contributed by atoms with Crippen LogP contribution >= 0.6 is 23.2 Å². The Balaban J connectivity index is 1.60. The van der Waals surface area contributed by atoms with Crippen molar-refractivity contribution in [2.45, 2.75) is 6.92 Å². The monoisotopic (exact) mass is 428 g/mol. The van der Waals surface area contributed by atoms with Crippen molar-refractivity contribution in [3.8, 4) is 5.75 Å².